The Kier molecular flexibility index (Phi) is 8.40. The van der Waals surface area contributed by atoms with Crippen LogP contribution in [0.3, 0.4) is 0 Å². The van der Waals surface area contributed by atoms with Crippen molar-refractivity contribution in [3.8, 4) is 0 Å². The molecule has 0 aromatic heterocycles. The first-order valence-corrected chi connectivity index (χ1v) is 6.05. The number of nitrogens with two attached hydrogens (primary N) is 1. The van der Waals surface area contributed by atoms with E-state index in [0.29, 0.717) is 19.6 Å². The van der Waals surface area contributed by atoms with Crippen molar-refractivity contribution >= 4 is 11.9 Å². The third-order valence-corrected chi connectivity index (χ3v) is 2.35. The molecule has 5 heteroatoms. The Morgan fingerprint density at radius 3 is 2.41 bits per heavy atom. The molecule has 0 radical (unpaired) electrons. The van der Waals surface area contributed by atoms with Gasteiger partial charge in [-0.2, -0.15) is 0 Å². The van der Waals surface area contributed by atoms with E-state index >= 15 is 0 Å². The molecule has 0 heterocycles. The summed E-state index contributed by atoms with van der Waals surface area (Å²) in [5, 5.41) is 8.96. The van der Waals surface area contributed by atoms with Gasteiger partial charge in [0.15, 0.2) is 0 Å². The number of ether oxygens (including phenoxy) is 1. The third kappa shape index (κ3) is 8.68. The number of rotatable bonds is 9. The molecule has 17 heavy (non-hydrogen) atoms. The predicted molar refractivity (Wildman–Crippen MR) is 64.4 cm³/mol. The molecule has 100 valence electrons. The van der Waals surface area contributed by atoms with Gasteiger partial charge in [-0.25, -0.2) is 0 Å². The summed E-state index contributed by atoms with van der Waals surface area (Å²) in [6.07, 6.45) is 1.94. The summed E-state index contributed by atoms with van der Waals surface area (Å²) in [7, 11) is 0. The highest BCUT2D eigenvalue weighted by molar-refractivity contribution is 5.78. The first-order chi connectivity index (χ1) is 7.97. The van der Waals surface area contributed by atoms with Gasteiger partial charge in [0.05, 0.1) is 18.9 Å². The highest BCUT2D eigenvalue weighted by Gasteiger charge is 2.21. The van der Waals surface area contributed by atoms with Gasteiger partial charge in [0.25, 0.3) is 0 Å². The van der Waals surface area contributed by atoms with Gasteiger partial charge in [-0.3, -0.25) is 9.59 Å². The molecule has 0 fully saturated rings. The molecule has 0 saturated carbocycles. The molecule has 0 aliphatic carbocycles. The number of hydrogen-bond acceptors (Lipinski definition) is 4. The summed E-state index contributed by atoms with van der Waals surface area (Å²) in [6, 6.07) is 0. The van der Waals surface area contributed by atoms with Crippen molar-refractivity contribution < 1.29 is 19.4 Å². The molecular formula is C12H23NO4. The monoisotopic (exact) mass is 245 g/mol. The van der Waals surface area contributed by atoms with Crippen LogP contribution in [0.1, 0.15) is 39.5 Å². The van der Waals surface area contributed by atoms with Gasteiger partial charge >= 0.3 is 11.9 Å². The summed E-state index contributed by atoms with van der Waals surface area (Å²) >= 11 is 0. The van der Waals surface area contributed by atoms with Crippen LogP contribution in [0.4, 0.5) is 0 Å². The zero-order valence-corrected chi connectivity index (χ0v) is 10.6. The number of hydrogen-bond donors (Lipinski definition) is 2. The van der Waals surface area contributed by atoms with Crippen LogP contribution >= 0.6 is 0 Å². The SMILES string of the molecule is CC(C)COC(=O)CC(CCCCN)C(=O)O. The lowest BCUT2D eigenvalue weighted by molar-refractivity contribution is -0.152. The first kappa shape index (κ1) is 15.9. The number of esters is 1. The van der Waals surface area contributed by atoms with Crippen LogP contribution in [0.25, 0.3) is 0 Å². The fourth-order valence-corrected chi connectivity index (χ4v) is 1.37. The predicted octanol–water partition coefficient (Wildman–Crippen LogP) is 1.41. The molecule has 0 rings (SSSR count). The highest BCUT2D eigenvalue weighted by atomic mass is 16.5. The van der Waals surface area contributed by atoms with Crippen LogP contribution < -0.4 is 5.73 Å². The van der Waals surface area contributed by atoms with Crippen molar-refractivity contribution in [2.24, 2.45) is 17.6 Å². The van der Waals surface area contributed by atoms with Crippen molar-refractivity contribution in [3.63, 3.8) is 0 Å². The molecule has 1 unspecified atom stereocenters. The number of carbonyl (C=O) groups is 2. The lowest BCUT2D eigenvalue weighted by Crippen LogP contribution is -2.20. The molecular weight excluding hydrogens is 222 g/mol. The van der Waals surface area contributed by atoms with E-state index in [4.69, 9.17) is 15.6 Å². The van der Waals surface area contributed by atoms with E-state index in [1.807, 2.05) is 13.8 Å². The van der Waals surface area contributed by atoms with Gasteiger partial charge in [0, 0.05) is 0 Å². The van der Waals surface area contributed by atoms with Gasteiger partial charge in [-0.05, 0) is 25.3 Å². The molecule has 5 nitrogen and oxygen atoms in total. The highest BCUT2D eigenvalue weighted by Crippen LogP contribution is 2.14. The molecule has 1 atom stereocenters. The molecule has 0 aliphatic rings. The number of carboxylic acids is 1. The van der Waals surface area contributed by atoms with Crippen LogP contribution in [0.5, 0.6) is 0 Å². The van der Waals surface area contributed by atoms with E-state index < -0.39 is 17.9 Å². The zero-order valence-electron chi connectivity index (χ0n) is 10.6. The topological polar surface area (TPSA) is 89.6 Å². The average Bonchev–Trinajstić information content (AvgIpc) is 2.25. The van der Waals surface area contributed by atoms with E-state index in [9.17, 15) is 9.59 Å². The maximum Gasteiger partial charge on any atom is 0.307 e. The van der Waals surface area contributed by atoms with Gasteiger partial charge in [-0.15, -0.1) is 0 Å². The molecule has 0 aromatic rings. The fourth-order valence-electron chi connectivity index (χ4n) is 1.37. The molecule has 0 bridgehead atoms. The minimum atomic E-state index is -0.941. The second kappa shape index (κ2) is 8.98. The minimum absolute atomic E-state index is 0.0490. The van der Waals surface area contributed by atoms with Crippen LogP contribution in [-0.4, -0.2) is 30.2 Å². The van der Waals surface area contributed by atoms with Gasteiger partial charge in [-0.1, -0.05) is 20.3 Å². The Hall–Kier alpha value is -1.10. The maximum atomic E-state index is 11.4. The van der Waals surface area contributed by atoms with E-state index in [1.165, 1.54) is 0 Å². The number of unbranched alkanes of at least 4 members (excludes halogenated alkanes) is 1. The normalized spacial score (nSPS) is 12.5. The molecule has 0 aromatic carbocycles. The number of carboxylic acid groups (broad SMARTS) is 1. The quantitative estimate of drug-likeness (QED) is 0.473. The Bertz CT molecular complexity index is 241. The van der Waals surface area contributed by atoms with E-state index in [-0.39, 0.29) is 12.3 Å². The van der Waals surface area contributed by atoms with E-state index in [1.54, 1.807) is 0 Å². The standard InChI is InChI=1S/C12H23NO4/c1-9(2)8-17-11(14)7-10(12(15)16)5-3-4-6-13/h9-10H,3-8,13H2,1-2H3,(H,15,16). The van der Waals surface area contributed by atoms with Crippen molar-refractivity contribution in [1.82, 2.24) is 0 Å². The zero-order chi connectivity index (χ0) is 13.3. The average molecular weight is 245 g/mol. The van der Waals surface area contributed by atoms with Crippen LogP contribution in [-0.2, 0) is 14.3 Å². The Morgan fingerprint density at radius 2 is 1.94 bits per heavy atom. The first-order valence-electron chi connectivity index (χ1n) is 6.05. The fraction of sp³-hybridized carbons (Fsp3) is 0.833. The largest absolute Gasteiger partial charge is 0.481 e. The second-order valence-electron chi connectivity index (χ2n) is 4.60. The van der Waals surface area contributed by atoms with Gasteiger partial charge in [0.1, 0.15) is 0 Å². The lowest BCUT2D eigenvalue weighted by atomic mass is 9.98. The van der Waals surface area contributed by atoms with Crippen LogP contribution in [0.2, 0.25) is 0 Å². The Balaban J connectivity index is 3.98. The molecule has 0 aliphatic heterocycles. The second-order valence-corrected chi connectivity index (χ2v) is 4.60. The molecule has 3 N–H and O–H groups in total. The third-order valence-electron chi connectivity index (χ3n) is 2.35. The van der Waals surface area contributed by atoms with Crippen molar-refractivity contribution in [2.75, 3.05) is 13.2 Å². The summed E-state index contributed by atoms with van der Waals surface area (Å²) < 4.78 is 4.96. The summed E-state index contributed by atoms with van der Waals surface area (Å²) in [5.41, 5.74) is 5.33. The molecule has 0 saturated heterocycles. The lowest BCUT2D eigenvalue weighted by Gasteiger charge is -2.12. The number of carbonyl (C=O) groups excluding carboxylic acids is 1. The van der Waals surface area contributed by atoms with Gasteiger partial charge < -0.3 is 15.6 Å². The number of aliphatic carboxylic acids is 1. The minimum Gasteiger partial charge on any atom is -0.481 e. The van der Waals surface area contributed by atoms with E-state index in [0.717, 1.165) is 12.8 Å². The molecule has 0 amide bonds. The maximum absolute atomic E-state index is 11.4. The Labute approximate surface area is 102 Å². The summed E-state index contributed by atoms with van der Waals surface area (Å²) in [6.45, 7) is 4.75. The van der Waals surface area contributed by atoms with Crippen LogP contribution in [0.15, 0.2) is 0 Å². The van der Waals surface area contributed by atoms with E-state index in [2.05, 4.69) is 0 Å². The van der Waals surface area contributed by atoms with Gasteiger partial charge in [0.2, 0.25) is 0 Å². The van der Waals surface area contributed by atoms with Crippen molar-refractivity contribution in [2.45, 2.75) is 39.5 Å². The summed E-state index contributed by atoms with van der Waals surface area (Å²) in [4.78, 5) is 22.3. The smallest absolute Gasteiger partial charge is 0.307 e. The van der Waals surface area contributed by atoms with Crippen molar-refractivity contribution in [3.05, 3.63) is 0 Å². The Morgan fingerprint density at radius 1 is 1.29 bits per heavy atom. The van der Waals surface area contributed by atoms with Crippen molar-refractivity contribution in [1.29, 1.82) is 0 Å². The molecule has 0 spiro atoms. The van der Waals surface area contributed by atoms with Crippen LogP contribution in [0, 0.1) is 11.8 Å². The summed E-state index contributed by atoms with van der Waals surface area (Å²) in [5.74, 6) is -1.76.